The summed E-state index contributed by atoms with van der Waals surface area (Å²) in [6.07, 6.45) is 1.79. The lowest BCUT2D eigenvalue weighted by atomic mass is 9.94. The van der Waals surface area contributed by atoms with Crippen molar-refractivity contribution in [2.24, 2.45) is 10.7 Å². The number of anilines is 1. The van der Waals surface area contributed by atoms with Gasteiger partial charge in [0.1, 0.15) is 0 Å². The maximum atomic E-state index is 13.2. The Kier molecular flexibility index (Phi) is 5.13. The van der Waals surface area contributed by atoms with Gasteiger partial charge >= 0.3 is 0 Å². The monoisotopic (exact) mass is 410 g/mol. The number of aromatic nitrogens is 1. The predicted octanol–water partition coefficient (Wildman–Crippen LogP) is 4.85. The van der Waals surface area contributed by atoms with Crippen LogP contribution in [0.4, 0.5) is 11.4 Å². The molecule has 3 N–H and O–H groups in total. The SMILES string of the molecule is C=Nc1ccccc1C(=O)N(C)c1cccc(-c2ccc(C(N)=O)c3[nH]ccc23)c1C. The van der Waals surface area contributed by atoms with Gasteiger partial charge < -0.3 is 15.6 Å². The van der Waals surface area contributed by atoms with Gasteiger partial charge in [-0.15, -0.1) is 0 Å². The zero-order valence-electron chi connectivity index (χ0n) is 17.3. The second-order valence-corrected chi connectivity index (χ2v) is 7.28. The number of fused-ring (bicyclic) bond motifs is 1. The number of H-pyrrole nitrogens is 1. The Balaban J connectivity index is 1.81. The molecular weight excluding hydrogens is 388 g/mol. The number of carbonyl (C=O) groups is 2. The van der Waals surface area contributed by atoms with E-state index in [0.29, 0.717) is 22.3 Å². The number of carbonyl (C=O) groups excluding carboxylic acids is 2. The molecule has 0 spiro atoms. The molecule has 0 atom stereocenters. The number of nitrogens with one attached hydrogen (secondary N) is 1. The number of primary amides is 1. The summed E-state index contributed by atoms with van der Waals surface area (Å²) in [6.45, 7) is 5.54. The van der Waals surface area contributed by atoms with E-state index in [4.69, 9.17) is 5.73 Å². The van der Waals surface area contributed by atoms with Crippen LogP contribution in [-0.2, 0) is 0 Å². The largest absolute Gasteiger partial charge is 0.366 e. The van der Waals surface area contributed by atoms with E-state index in [-0.39, 0.29) is 5.91 Å². The summed E-state index contributed by atoms with van der Waals surface area (Å²) >= 11 is 0. The number of para-hydroxylation sites is 1. The first kappa shape index (κ1) is 20.1. The first-order valence-electron chi connectivity index (χ1n) is 9.77. The molecule has 1 heterocycles. The third-order valence-electron chi connectivity index (χ3n) is 5.55. The molecule has 0 radical (unpaired) electrons. The molecule has 3 aromatic carbocycles. The van der Waals surface area contributed by atoms with Crippen molar-refractivity contribution in [2.45, 2.75) is 6.92 Å². The number of nitrogens with two attached hydrogens (primary N) is 1. The van der Waals surface area contributed by atoms with Gasteiger partial charge in [-0.25, -0.2) is 0 Å². The lowest BCUT2D eigenvalue weighted by Gasteiger charge is -2.22. The normalized spacial score (nSPS) is 10.8. The fraction of sp³-hybridized carbons (Fsp3) is 0.0800. The van der Waals surface area contributed by atoms with Crippen molar-refractivity contribution in [1.29, 1.82) is 0 Å². The van der Waals surface area contributed by atoms with Crippen LogP contribution in [0.1, 0.15) is 26.3 Å². The van der Waals surface area contributed by atoms with Crippen LogP contribution in [0.5, 0.6) is 0 Å². The van der Waals surface area contributed by atoms with Gasteiger partial charge in [0.2, 0.25) is 0 Å². The van der Waals surface area contributed by atoms with Crippen LogP contribution in [0.15, 0.2) is 71.9 Å². The van der Waals surface area contributed by atoms with Crippen molar-refractivity contribution in [2.75, 3.05) is 11.9 Å². The number of nitrogens with zero attached hydrogens (tertiary/aromatic N) is 2. The molecule has 0 fully saturated rings. The van der Waals surface area contributed by atoms with E-state index in [9.17, 15) is 9.59 Å². The third-order valence-corrected chi connectivity index (χ3v) is 5.55. The summed E-state index contributed by atoms with van der Waals surface area (Å²) in [7, 11) is 1.75. The van der Waals surface area contributed by atoms with Crippen LogP contribution >= 0.6 is 0 Å². The quantitative estimate of drug-likeness (QED) is 0.460. The second-order valence-electron chi connectivity index (χ2n) is 7.28. The van der Waals surface area contributed by atoms with Crippen molar-refractivity contribution < 1.29 is 9.59 Å². The van der Waals surface area contributed by atoms with Gasteiger partial charge in [-0.05, 0) is 60.7 Å². The first-order chi connectivity index (χ1) is 14.9. The van der Waals surface area contributed by atoms with Crippen LogP contribution in [0.3, 0.4) is 0 Å². The van der Waals surface area contributed by atoms with Crippen LogP contribution in [0.25, 0.3) is 22.0 Å². The average Bonchev–Trinajstić information content (AvgIpc) is 3.27. The Labute approximate surface area is 180 Å². The summed E-state index contributed by atoms with van der Waals surface area (Å²) < 4.78 is 0. The fourth-order valence-electron chi connectivity index (χ4n) is 3.96. The van der Waals surface area contributed by atoms with Gasteiger partial charge in [0, 0.05) is 24.3 Å². The minimum Gasteiger partial charge on any atom is -0.366 e. The van der Waals surface area contributed by atoms with E-state index in [0.717, 1.165) is 27.8 Å². The summed E-state index contributed by atoms with van der Waals surface area (Å²) in [5, 5.41) is 0.895. The molecule has 4 rings (SSSR count). The maximum Gasteiger partial charge on any atom is 0.260 e. The highest BCUT2D eigenvalue weighted by molar-refractivity contribution is 6.11. The Bertz CT molecular complexity index is 1340. The van der Waals surface area contributed by atoms with Gasteiger partial charge in [-0.3, -0.25) is 14.6 Å². The molecule has 6 nitrogen and oxygen atoms in total. The minimum atomic E-state index is -0.482. The van der Waals surface area contributed by atoms with E-state index in [1.54, 1.807) is 36.3 Å². The highest BCUT2D eigenvalue weighted by Gasteiger charge is 2.20. The second kappa shape index (κ2) is 7.91. The van der Waals surface area contributed by atoms with Crippen molar-refractivity contribution >= 4 is 40.8 Å². The van der Waals surface area contributed by atoms with Gasteiger partial charge in [-0.2, -0.15) is 0 Å². The van der Waals surface area contributed by atoms with Crippen LogP contribution < -0.4 is 10.6 Å². The number of amides is 2. The molecule has 1 aromatic heterocycles. The molecule has 154 valence electrons. The Morgan fingerprint density at radius 3 is 2.48 bits per heavy atom. The molecule has 2 amide bonds. The maximum absolute atomic E-state index is 13.2. The predicted molar refractivity (Wildman–Crippen MR) is 125 cm³/mol. The van der Waals surface area contributed by atoms with E-state index in [2.05, 4.69) is 16.7 Å². The van der Waals surface area contributed by atoms with Crippen molar-refractivity contribution in [3.05, 3.63) is 83.6 Å². The van der Waals surface area contributed by atoms with Gasteiger partial charge in [-0.1, -0.05) is 30.3 Å². The van der Waals surface area contributed by atoms with Gasteiger partial charge in [0.15, 0.2) is 0 Å². The van der Waals surface area contributed by atoms with Crippen molar-refractivity contribution in [3.8, 4) is 11.1 Å². The van der Waals surface area contributed by atoms with E-state index in [1.807, 2.05) is 49.4 Å². The first-order valence-corrected chi connectivity index (χ1v) is 9.77. The molecule has 0 bridgehead atoms. The standard InChI is InChI=1S/C25H22N4O2/c1-15-16(17-11-12-20(24(26)30)23-18(17)13-14-28-23)8-6-10-22(15)29(3)25(31)19-7-4-5-9-21(19)27-2/h4-14,28H,2H2,1,3H3,(H2,26,30). The Morgan fingerprint density at radius 1 is 0.968 bits per heavy atom. The van der Waals surface area contributed by atoms with Crippen molar-refractivity contribution in [3.63, 3.8) is 0 Å². The Morgan fingerprint density at radius 2 is 1.74 bits per heavy atom. The molecule has 31 heavy (non-hydrogen) atoms. The summed E-state index contributed by atoms with van der Waals surface area (Å²) in [4.78, 5) is 33.7. The van der Waals surface area contributed by atoms with Crippen molar-refractivity contribution in [1.82, 2.24) is 4.98 Å². The molecule has 4 aromatic rings. The topological polar surface area (TPSA) is 91.5 Å². The average molecular weight is 410 g/mol. The van der Waals surface area contributed by atoms with E-state index < -0.39 is 5.91 Å². The molecule has 6 heteroatoms. The molecule has 0 saturated heterocycles. The molecule has 0 aliphatic carbocycles. The van der Waals surface area contributed by atoms with E-state index in [1.165, 1.54) is 0 Å². The summed E-state index contributed by atoms with van der Waals surface area (Å²) in [5.41, 5.74) is 11.3. The van der Waals surface area contributed by atoms with Crippen LogP contribution in [0, 0.1) is 6.92 Å². The number of aliphatic imine (C=N–C) groups is 1. The molecular formula is C25H22N4O2. The number of hydrogen-bond donors (Lipinski definition) is 2. The lowest BCUT2D eigenvalue weighted by Crippen LogP contribution is -2.27. The minimum absolute atomic E-state index is 0.167. The zero-order chi connectivity index (χ0) is 22.1. The van der Waals surface area contributed by atoms with Gasteiger partial charge in [0.25, 0.3) is 11.8 Å². The number of benzene rings is 3. The molecule has 0 aliphatic heterocycles. The van der Waals surface area contributed by atoms with Gasteiger partial charge in [0.05, 0.1) is 22.3 Å². The number of hydrogen-bond acceptors (Lipinski definition) is 3. The smallest absolute Gasteiger partial charge is 0.260 e. The zero-order valence-corrected chi connectivity index (χ0v) is 17.3. The number of rotatable bonds is 5. The molecule has 0 aliphatic rings. The lowest BCUT2D eigenvalue weighted by molar-refractivity contribution is 0.0988. The fourth-order valence-corrected chi connectivity index (χ4v) is 3.96. The molecule has 0 unspecified atom stereocenters. The summed E-state index contributed by atoms with van der Waals surface area (Å²) in [5.74, 6) is -0.650. The van der Waals surface area contributed by atoms with Crippen LogP contribution in [-0.4, -0.2) is 30.6 Å². The van der Waals surface area contributed by atoms with Crippen LogP contribution in [0.2, 0.25) is 0 Å². The van der Waals surface area contributed by atoms with E-state index >= 15 is 0 Å². The number of aromatic amines is 1. The summed E-state index contributed by atoms with van der Waals surface area (Å²) in [6, 6.07) is 18.5. The highest BCUT2D eigenvalue weighted by atomic mass is 16.2. The third kappa shape index (κ3) is 3.38. The highest BCUT2D eigenvalue weighted by Crippen LogP contribution is 2.36. The Hall–Kier alpha value is -4.19. The molecule has 0 saturated carbocycles.